The molecule has 0 amide bonds. The maximum absolute atomic E-state index is 5.77. The summed E-state index contributed by atoms with van der Waals surface area (Å²) in [7, 11) is 0. The van der Waals surface area contributed by atoms with Crippen LogP contribution in [0.25, 0.3) is 6.08 Å². The second-order valence-corrected chi connectivity index (χ2v) is 5.16. The molecule has 0 saturated carbocycles. The standard InChI is InChI=1S/C16H25NO/c1-13(2)12-17-11-7-9-15-8-5-6-10-16(15)18-14(3)4/h5-10,13-14,17H,11-12H2,1-4H3. The highest BCUT2D eigenvalue weighted by Crippen LogP contribution is 2.20. The molecular weight excluding hydrogens is 222 g/mol. The molecular formula is C16H25NO. The molecule has 0 fully saturated rings. The third-order valence-electron chi connectivity index (χ3n) is 2.39. The molecule has 0 aliphatic carbocycles. The molecule has 0 aliphatic rings. The number of nitrogens with one attached hydrogen (secondary N) is 1. The van der Waals surface area contributed by atoms with E-state index in [2.05, 4.69) is 37.4 Å². The van der Waals surface area contributed by atoms with Gasteiger partial charge in [-0.2, -0.15) is 0 Å². The Balaban J connectivity index is 2.52. The zero-order chi connectivity index (χ0) is 13.4. The SMILES string of the molecule is CC(C)CNCC=Cc1ccccc1OC(C)C. The summed E-state index contributed by atoms with van der Waals surface area (Å²) in [4.78, 5) is 0. The van der Waals surface area contributed by atoms with E-state index in [-0.39, 0.29) is 6.10 Å². The number of rotatable bonds is 7. The van der Waals surface area contributed by atoms with Gasteiger partial charge in [0.2, 0.25) is 0 Å². The van der Waals surface area contributed by atoms with Gasteiger partial charge in [0.25, 0.3) is 0 Å². The first-order chi connectivity index (χ1) is 8.59. The quantitative estimate of drug-likeness (QED) is 0.741. The van der Waals surface area contributed by atoms with E-state index < -0.39 is 0 Å². The van der Waals surface area contributed by atoms with Crippen LogP contribution in [0.1, 0.15) is 33.3 Å². The Kier molecular flexibility index (Phi) is 6.51. The van der Waals surface area contributed by atoms with Crippen LogP contribution in [-0.4, -0.2) is 19.2 Å². The first-order valence-electron chi connectivity index (χ1n) is 6.72. The highest BCUT2D eigenvalue weighted by atomic mass is 16.5. The molecule has 2 heteroatoms. The van der Waals surface area contributed by atoms with E-state index >= 15 is 0 Å². The van der Waals surface area contributed by atoms with E-state index in [0.29, 0.717) is 5.92 Å². The van der Waals surface area contributed by atoms with Crippen LogP contribution in [0.4, 0.5) is 0 Å². The lowest BCUT2D eigenvalue weighted by atomic mass is 10.2. The van der Waals surface area contributed by atoms with Gasteiger partial charge in [-0.25, -0.2) is 0 Å². The lowest BCUT2D eigenvalue weighted by Gasteiger charge is -2.12. The van der Waals surface area contributed by atoms with Gasteiger partial charge < -0.3 is 10.1 Å². The summed E-state index contributed by atoms with van der Waals surface area (Å²) < 4.78 is 5.77. The van der Waals surface area contributed by atoms with Crippen molar-refractivity contribution >= 4 is 6.08 Å². The highest BCUT2D eigenvalue weighted by Gasteiger charge is 2.01. The molecule has 0 bridgehead atoms. The van der Waals surface area contributed by atoms with Crippen LogP contribution < -0.4 is 10.1 Å². The van der Waals surface area contributed by atoms with Gasteiger partial charge in [0.15, 0.2) is 0 Å². The molecule has 1 aromatic rings. The lowest BCUT2D eigenvalue weighted by molar-refractivity contribution is 0.242. The lowest BCUT2D eigenvalue weighted by Crippen LogP contribution is -2.19. The average molecular weight is 247 g/mol. The summed E-state index contributed by atoms with van der Waals surface area (Å²) in [5.74, 6) is 1.64. The molecule has 0 heterocycles. The fourth-order valence-corrected chi connectivity index (χ4v) is 1.62. The van der Waals surface area contributed by atoms with Crippen molar-refractivity contribution in [2.24, 2.45) is 5.92 Å². The maximum atomic E-state index is 5.77. The zero-order valence-electron chi connectivity index (χ0n) is 11.9. The summed E-state index contributed by atoms with van der Waals surface area (Å²) >= 11 is 0. The molecule has 0 spiro atoms. The van der Waals surface area contributed by atoms with Crippen molar-refractivity contribution in [2.45, 2.75) is 33.8 Å². The zero-order valence-corrected chi connectivity index (χ0v) is 11.9. The minimum Gasteiger partial charge on any atom is -0.490 e. The van der Waals surface area contributed by atoms with Crippen molar-refractivity contribution in [1.82, 2.24) is 5.32 Å². The van der Waals surface area contributed by atoms with E-state index in [9.17, 15) is 0 Å². The minimum absolute atomic E-state index is 0.207. The summed E-state index contributed by atoms with van der Waals surface area (Å²) in [6.45, 7) is 10.5. The second-order valence-electron chi connectivity index (χ2n) is 5.16. The Bertz CT molecular complexity index is 369. The van der Waals surface area contributed by atoms with Crippen molar-refractivity contribution < 1.29 is 4.74 Å². The molecule has 1 N–H and O–H groups in total. The summed E-state index contributed by atoms with van der Waals surface area (Å²) in [6, 6.07) is 8.14. The molecule has 0 aromatic heterocycles. The first kappa shape index (κ1) is 14.8. The van der Waals surface area contributed by atoms with Crippen LogP contribution in [-0.2, 0) is 0 Å². The van der Waals surface area contributed by atoms with Crippen molar-refractivity contribution in [2.75, 3.05) is 13.1 Å². The molecule has 1 aromatic carbocycles. The Labute approximate surface area is 111 Å². The van der Waals surface area contributed by atoms with Crippen molar-refractivity contribution in [3.05, 3.63) is 35.9 Å². The predicted molar refractivity (Wildman–Crippen MR) is 78.9 cm³/mol. The molecule has 0 unspecified atom stereocenters. The van der Waals surface area contributed by atoms with Gasteiger partial charge in [-0.3, -0.25) is 0 Å². The molecule has 1 rings (SSSR count). The second kappa shape index (κ2) is 7.93. The smallest absolute Gasteiger partial charge is 0.126 e. The van der Waals surface area contributed by atoms with Crippen molar-refractivity contribution in [3.63, 3.8) is 0 Å². The van der Waals surface area contributed by atoms with Crippen LogP contribution >= 0.6 is 0 Å². The van der Waals surface area contributed by atoms with E-state index in [1.807, 2.05) is 32.0 Å². The normalized spacial score (nSPS) is 11.7. The minimum atomic E-state index is 0.207. The van der Waals surface area contributed by atoms with Gasteiger partial charge in [-0.05, 0) is 32.4 Å². The Morgan fingerprint density at radius 3 is 2.56 bits per heavy atom. The van der Waals surface area contributed by atoms with Gasteiger partial charge in [0.05, 0.1) is 6.10 Å². The molecule has 0 aliphatic heterocycles. The third-order valence-corrected chi connectivity index (χ3v) is 2.39. The van der Waals surface area contributed by atoms with Gasteiger partial charge in [-0.1, -0.05) is 44.2 Å². The van der Waals surface area contributed by atoms with E-state index in [1.54, 1.807) is 0 Å². The monoisotopic (exact) mass is 247 g/mol. The first-order valence-corrected chi connectivity index (χ1v) is 6.72. The Morgan fingerprint density at radius 2 is 1.89 bits per heavy atom. The number of para-hydroxylation sites is 1. The number of hydrogen-bond donors (Lipinski definition) is 1. The number of benzene rings is 1. The van der Waals surface area contributed by atoms with Gasteiger partial charge >= 0.3 is 0 Å². The average Bonchev–Trinajstić information content (AvgIpc) is 2.29. The predicted octanol–water partition coefficient (Wildman–Crippen LogP) is 3.73. The van der Waals surface area contributed by atoms with Crippen molar-refractivity contribution in [3.8, 4) is 5.75 Å². The molecule has 100 valence electrons. The van der Waals surface area contributed by atoms with Crippen LogP contribution in [0.15, 0.2) is 30.3 Å². The van der Waals surface area contributed by atoms with Crippen LogP contribution in [0.3, 0.4) is 0 Å². The largest absolute Gasteiger partial charge is 0.490 e. The van der Waals surface area contributed by atoms with E-state index in [0.717, 1.165) is 24.4 Å². The fraction of sp³-hybridized carbons (Fsp3) is 0.500. The van der Waals surface area contributed by atoms with Crippen LogP contribution in [0.5, 0.6) is 5.75 Å². The topological polar surface area (TPSA) is 21.3 Å². The van der Waals surface area contributed by atoms with Gasteiger partial charge in [0, 0.05) is 12.1 Å². The van der Waals surface area contributed by atoms with Crippen molar-refractivity contribution in [1.29, 1.82) is 0 Å². The maximum Gasteiger partial charge on any atom is 0.126 e. The number of ether oxygens (including phenoxy) is 1. The molecule has 0 saturated heterocycles. The fourth-order valence-electron chi connectivity index (χ4n) is 1.62. The van der Waals surface area contributed by atoms with Crippen LogP contribution in [0, 0.1) is 5.92 Å². The van der Waals surface area contributed by atoms with Gasteiger partial charge in [0.1, 0.15) is 5.75 Å². The number of hydrogen-bond acceptors (Lipinski definition) is 2. The highest BCUT2D eigenvalue weighted by molar-refractivity contribution is 5.57. The summed E-state index contributed by atoms with van der Waals surface area (Å²) in [6.07, 6.45) is 4.47. The molecule has 18 heavy (non-hydrogen) atoms. The Morgan fingerprint density at radius 1 is 1.17 bits per heavy atom. The van der Waals surface area contributed by atoms with E-state index in [4.69, 9.17) is 4.74 Å². The summed E-state index contributed by atoms with van der Waals surface area (Å²) in [5.41, 5.74) is 1.14. The summed E-state index contributed by atoms with van der Waals surface area (Å²) in [5, 5.41) is 3.39. The van der Waals surface area contributed by atoms with Crippen LogP contribution in [0.2, 0.25) is 0 Å². The molecule has 2 nitrogen and oxygen atoms in total. The Hall–Kier alpha value is -1.28. The molecule has 0 radical (unpaired) electrons. The third kappa shape index (κ3) is 5.87. The van der Waals surface area contributed by atoms with E-state index in [1.165, 1.54) is 0 Å². The molecule has 0 atom stereocenters. The van der Waals surface area contributed by atoms with Gasteiger partial charge in [-0.15, -0.1) is 0 Å².